The van der Waals surface area contributed by atoms with Gasteiger partial charge in [0.1, 0.15) is 17.4 Å². The van der Waals surface area contributed by atoms with Gasteiger partial charge < -0.3 is 9.47 Å². The standard InChI is InChI=1S/C12H13NO3/c1-4-16-12(14)11-9(7-13)5-8(2)6-10(11)15-3/h5-6H,4H2,1-3H3. The highest BCUT2D eigenvalue weighted by atomic mass is 16.5. The van der Waals surface area contributed by atoms with Crippen LogP contribution in [0.1, 0.15) is 28.4 Å². The Bertz CT molecular complexity index is 446. The first kappa shape index (κ1) is 12.1. The molecule has 0 radical (unpaired) electrons. The van der Waals surface area contributed by atoms with Crippen molar-refractivity contribution in [3.05, 3.63) is 28.8 Å². The summed E-state index contributed by atoms with van der Waals surface area (Å²) in [5.74, 6) is -0.161. The summed E-state index contributed by atoms with van der Waals surface area (Å²) in [6.07, 6.45) is 0. The lowest BCUT2D eigenvalue weighted by molar-refractivity contribution is 0.0522. The largest absolute Gasteiger partial charge is 0.496 e. The zero-order valence-electron chi connectivity index (χ0n) is 9.53. The quantitative estimate of drug-likeness (QED) is 0.730. The molecule has 0 saturated carbocycles. The molecule has 0 fully saturated rings. The number of hydrogen-bond donors (Lipinski definition) is 0. The number of ether oxygens (including phenoxy) is 2. The third-order valence-corrected chi connectivity index (χ3v) is 2.07. The molecule has 0 spiro atoms. The SMILES string of the molecule is CCOC(=O)c1c(C#N)cc(C)cc1OC. The molecular weight excluding hydrogens is 206 g/mol. The van der Waals surface area contributed by atoms with Gasteiger partial charge in [-0.05, 0) is 31.5 Å². The third-order valence-electron chi connectivity index (χ3n) is 2.07. The molecule has 0 aliphatic heterocycles. The van der Waals surface area contributed by atoms with Crippen molar-refractivity contribution in [2.75, 3.05) is 13.7 Å². The maximum absolute atomic E-state index is 11.7. The van der Waals surface area contributed by atoms with Crippen LogP contribution in [0.3, 0.4) is 0 Å². The first-order chi connectivity index (χ1) is 7.63. The molecule has 0 atom stereocenters. The Balaban J connectivity index is 3.34. The van der Waals surface area contributed by atoms with Crippen molar-refractivity contribution in [2.45, 2.75) is 13.8 Å². The molecule has 0 heterocycles. The van der Waals surface area contributed by atoms with Crippen LogP contribution in [-0.2, 0) is 4.74 Å². The molecule has 1 aromatic carbocycles. The maximum atomic E-state index is 11.7. The molecule has 84 valence electrons. The molecule has 1 rings (SSSR count). The summed E-state index contributed by atoms with van der Waals surface area (Å²) in [7, 11) is 1.46. The van der Waals surface area contributed by atoms with Crippen LogP contribution in [0.4, 0.5) is 0 Å². The van der Waals surface area contributed by atoms with E-state index in [1.165, 1.54) is 7.11 Å². The van der Waals surface area contributed by atoms with Gasteiger partial charge in [-0.1, -0.05) is 0 Å². The molecule has 0 bridgehead atoms. The van der Waals surface area contributed by atoms with Crippen LogP contribution < -0.4 is 4.74 Å². The van der Waals surface area contributed by atoms with Crippen molar-refractivity contribution in [1.29, 1.82) is 5.26 Å². The van der Waals surface area contributed by atoms with Gasteiger partial charge in [-0.15, -0.1) is 0 Å². The van der Waals surface area contributed by atoms with Gasteiger partial charge in [0, 0.05) is 0 Å². The summed E-state index contributed by atoms with van der Waals surface area (Å²) in [5.41, 5.74) is 1.33. The van der Waals surface area contributed by atoms with Gasteiger partial charge in [0.15, 0.2) is 0 Å². The summed E-state index contributed by atoms with van der Waals surface area (Å²) in [4.78, 5) is 11.7. The lowest BCUT2D eigenvalue weighted by Crippen LogP contribution is -2.09. The minimum Gasteiger partial charge on any atom is -0.496 e. The van der Waals surface area contributed by atoms with Crippen LogP contribution in [0.15, 0.2) is 12.1 Å². The fraction of sp³-hybridized carbons (Fsp3) is 0.333. The van der Waals surface area contributed by atoms with Crippen molar-refractivity contribution < 1.29 is 14.3 Å². The highest BCUT2D eigenvalue weighted by molar-refractivity contribution is 5.95. The predicted octanol–water partition coefficient (Wildman–Crippen LogP) is 2.05. The molecule has 0 unspecified atom stereocenters. The molecule has 0 aliphatic carbocycles. The van der Waals surface area contributed by atoms with Gasteiger partial charge in [-0.25, -0.2) is 4.79 Å². The van der Waals surface area contributed by atoms with E-state index in [4.69, 9.17) is 14.7 Å². The number of aryl methyl sites for hydroxylation is 1. The highest BCUT2D eigenvalue weighted by Crippen LogP contribution is 2.25. The minimum absolute atomic E-state index is 0.192. The van der Waals surface area contributed by atoms with E-state index >= 15 is 0 Å². The van der Waals surface area contributed by atoms with E-state index in [0.29, 0.717) is 5.75 Å². The van der Waals surface area contributed by atoms with E-state index in [1.807, 2.05) is 13.0 Å². The number of esters is 1. The fourth-order valence-electron chi connectivity index (χ4n) is 1.42. The van der Waals surface area contributed by atoms with Crippen LogP contribution in [0.2, 0.25) is 0 Å². The number of carbonyl (C=O) groups is 1. The Morgan fingerprint density at radius 2 is 2.19 bits per heavy atom. The van der Waals surface area contributed by atoms with E-state index in [1.54, 1.807) is 19.1 Å². The zero-order valence-corrected chi connectivity index (χ0v) is 9.53. The predicted molar refractivity (Wildman–Crippen MR) is 58.4 cm³/mol. The third kappa shape index (κ3) is 2.31. The lowest BCUT2D eigenvalue weighted by Gasteiger charge is -2.10. The van der Waals surface area contributed by atoms with Crippen molar-refractivity contribution >= 4 is 5.97 Å². The molecule has 4 nitrogen and oxygen atoms in total. The highest BCUT2D eigenvalue weighted by Gasteiger charge is 2.19. The van der Waals surface area contributed by atoms with Crippen molar-refractivity contribution in [3.8, 4) is 11.8 Å². The summed E-state index contributed by atoms with van der Waals surface area (Å²) >= 11 is 0. The Morgan fingerprint density at radius 1 is 1.50 bits per heavy atom. The summed E-state index contributed by atoms with van der Waals surface area (Å²) in [5, 5.41) is 8.97. The zero-order chi connectivity index (χ0) is 12.1. The fourth-order valence-corrected chi connectivity index (χ4v) is 1.42. The molecule has 4 heteroatoms. The van der Waals surface area contributed by atoms with Gasteiger partial charge in [-0.3, -0.25) is 0 Å². The van der Waals surface area contributed by atoms with Crippen LogP contribution in [-0.4, -0.2) is 19.7 Å². The Morgan fingerprint density at radius 3 is 2.69 bits per heavy atom. The molecule has 0 aliphatic rings. The average Bonchev–Trinajstić information content (AvgIpc) is 2.27. The van der Waals surface area contributed by atoms with Crippen LogP contribution in [0, 0.1) is 18.3 Å². The van der Waals surface area contributed by atoms with E-state index in [2.05, 4.69) is 0 Å². The second-order valence-electron chi connectivity index (χ2n) is 3.22. The van der Waals surface area contributed by atoms with Gasteiger partial charge in [-0.2, -0.15) is 5.26 Å². The minimum atomic E-state index is -0.532. The second kappa shape index (κ2) is 5.17. The number of benzene rings is 1. The van der Waals surface area contributed by atoms with E-state index in [0.717, 1.165) is 5.56 Å². The Labute approximate surface area is 94.4 Å². The average molecular weight is 219 g/mol. The Kier molecular flexibility index (Phi) is 3.90. The summed E-state index contributed by atoms with van der Waals surface area (Å²) in [6.45, 7) is 3.81. The van der Waals surface area contributed by atoms with Crippen molar-refractivity contribution in [2.24, 2.45) is 0 Å². The lowest BCUT2D eigenvalue weighted by atomic mass is 10.0. The van der Waals surface area contributed by atoms with Crippen LogP contribution in [0.25, 0.3) is 0 Å². The van der Waals surface area contributed by atoms with Crippen LogP contribution in [0.5, 0.6) is 5.75 Å². The number of nitrogens with zero attached hydrogens (tertiary/aromatic N) is 1. The summed E-state index contributed by atoms with van der Waals surface area (Å²) < 4.78 is 9.97. The molecule has 0 N–H and O–H groups in total. The number of methoxy groups -OCH3 is 1. The number of rotatable bonds is 3. The molecular formula is C12H13NO3. The number of nitriles is 1. The molecule has 1 aromatic rings. The first-order valence-corrected chi connectivity index (χ1v) is 4.89. The smallest absolute Gasteiger partial charge is 0.343 e. The van der Waals surface area contributed by atoms with Gasteiger partial charge in [0.2, 0.25) is 0 Å². The topological polar surface area (TPSA) is 59.3 Å². The van der Waals surface area contributed by atoms with Crippen molar-refractivity contribution in [1.82, 2.24) is 0 Å². The summed E-state index contributed by atoms with van der Waals surface area (Å²) in [6, 6.07) is 5.30. The Hall–Kier alpha value is -2.02. The monoisotopic (exact) mass is 219 g/mol. The molecule has 16 heavy (non-hydrogen) atoms. The van der Waals surface area contributed by atoms with E-state index in [9.17, 15) is 4.79 Å². The number of hydrogen-bond acceptors (Lipinski definition) is 4. The molecule has 0 aromatic heterocycles. The second-order valence-corrected chi connectivity index (χ2v) is 3.22. The van der Waals surface area contributed by atoms with Crippen molar-refractivity contribution in [3.63, 3.8) is 0 Å². The first-order valence-electron chi connectivity index (χ1n) is 4.89. The maximum Gasteiger partial charge on any atom is 0.343 e. The normalized spacial score (nSPS) is 9.38. The number of carbonyl (C=O) groups excluding carboxylic acids is 1. The molecule has 0 amide bonds. The van der Waals surface area contributed by atoms with Gasteiger partial charge in [0.05, 0.1) is 19.3 Å². The molecule has 0 saturated heterocycles. The van der Waals surface area contributed by atoms with Crippen LogP contribution >= 0.6 is 0 Å². The van der Waals surface area contributed by atoms with Gasteiger partial charge >= 0.3 is 5.97 Å². The van der Waals surface area contributed by atoms with E-state index < -0.39 is 5.97 Å². The van der Waals surface area contributed by atoms with E-state index in [-0.39, 0.29) is 17.7 Å². The van der Waals surface area contributed by atoms with Gasteiger partial charge in [0.25, 0.3) is 0 Å².